The minimum absolute atomic E-state index is 0.118. The molecular weight excluding hydrogens is 484 g/mol. The van der Waals surface area contributed by atoms with E-state index in [2.05, 4.69) is 80.8 Å². The fourth-order valence-corrected chi connectivity index (χ4v) is 6.71. The molecule has 0 bridgehead atoms. The molecule has 0 saturated carbocycles. The number of benzene rings is 2. The first-order valence-corrected chi connectivity index (χ1v) is 14.5. The van der Waals surface area contributed by atoms with Gasteiger partial charge in [0.1, 0.15) is 5.82 Å². The van der Waals surface area contributed by atoms with Gasteiger partial charge in [-0.05, 0) is 61.4 Å². The Morgan fingerprint density at radius 1 is 0.974 bits per heavy atom. The average Bonchev–Trinajstić information content (AvgIpc) is 2.91. The van der Waals surface area contributed by atoms with E-state index >= 15 is 0 Å². The standard InChI is InChI=1S/C33H42N4O2/c1-21-10-11-25(33(5)19-39-20-33)16-28(21)36-14-12-27-26(18-36)32(37-15-13-29(38-6)24(4)17-37)35-31(34-27)30-22(2)8-7-9-23(30)3/h7-11,16,24,29H,12-15,17-20H2,1-6H3/t24-,29-/m0/s1. The molecule has 6 rings (SSSR count). The molecule has 3 aliphatic rings. The van der Waals surface area contributed by atoms with Gasteiger partial charge in [0.05, 0.1) is 25.0 Å². The van der Waals surface area contributed by atoms with Crippen LogP contribution in [0, 0.1) is 26.7 Å². The Kier molecular flexibility index (Phi) is 6.88. The summed E-state index contributed by atoms with van der Waals surface area (Å²) in [5.41, 5.74) is 10.2. The van der Waals surface area contributed by atoms with E-state index in [1.54, 1.807) is 0 Å². The number of piperidine rings is 1. The van der Waals surface area contributed by atoms with Gasteiger partial charge in [0, 0.05) is 61.9 Å². The molecule has 2 saturated heterocycles. The lowest BCUT2D eigenvalue weighted by Crippen LogP contribution is -2.45. The molecule has 0 N–H and O–H groups in total. The Hall–Kier alpha value is -2.96. The Morgan fingerprint density at radius 2 is 1.74 bits per heavy atom. The zero-order chi connectivity index (χ0) is 27.3. The maximum Gasteiger partial charge on any atom is 0.162 e. The van der Waals surface area contributed by atoms with Gasteiger partial charge in [-0.2, -0.15) is 0 Å². The van der Waals surface area contributed by atoms with Crippen molar-refractivity contribution in [1.82, 2.24) is 9.97 Å². The number of aromatic nitrogens is 2. The SMILES string of the molecule is CO[C@H]1CCN(c2nc(-c3c(C)cccc3C)nc3c2CN(c2cc(C4(C)COC4)ccc2C)CC3)C[C@@H]1C. The van der Waals surface area contributed by atoms with E-state index in [0.29, 0.717) is 12.0 Å². The normalized spacial score (nSPS) is 22.4. The Labute approximate surface area is 233 Å². The maximum absolute atomic E-state index is 5.79. The second kappa shape index (κ2) is 10.2. The van der Waals surface area contributed by atoms with Crippen LogP contribution in [0.3, 0.4) is 0 Å². The topological polar surface area (TPSA) is 50.7 Å². The van der Waals surface area contributed by atoms with Crippen LogP contribution in [0.25, 0.3) is 11.4 Å². The van der Waals surface area contributed by atoms with Crippen LogP contribution in [0.5, 0.6) is 0 Å². The molecule has 4 heterocycles. The summed E-state index contributed by atoms with van der Waals surface area (Å²) in [6.45, 7) is 16.4. The number of hydrogen-bond donors (Lipinski definition) is 0. The highest BCUT2D eigenvalue weighted by atomic mass is 16.5. The predicted molar refractivity (Wildman–Crippen MR) is 158 cm³/mol. The summed E-state index contributed by atoms with van der Waals surface area (Å²) in [6, 6.07) is 13.4. The number of anilines is 2. The van der Waals surface area contributed by atoms with Crippen molar-refractivity contribution < 1.29 is 9.47 Å². The van der Waals surface area contributed by atoms with E-state index in [1.807, 2.05) is 7.11 Å². The smallest absolute Gasteiger partial charge is 0.162 e. The molecule has 6 nitrogen and oxygen atoms in total. The van der Waals surface area contributed by atoms with Crippen molar-refractivity contribution in [2.75, 3.05) is 49.8 Å². The van der Waals surface area contributed by atoms with Crippen molar-refractivity contribution in [3.63, 3.8) is 0 Å². The molecule has 0 aliphatic carbocycles. The molecule has 0 radical (unpaired) electrons. The number of methoxy groups -OCH3 is 1. The van der Waals surface area contributed by atoms with Crippen LogP contribution in [-0.2, 0) is 27.9 Å². The zero-order valence-electron chi connectivity index (χ0n) is 24.4. The molecule has 2 fully saturated rings. The molecular formula is C33H42N4O2. The monoisotopic (exact) mass is 526 g/mol. The lowest BCUT2D eigenvalue weighted by atomic mass is 9.80. The number of fused-ring (bicyclic) bond motifs is 1. The summed E-state index contributed by atoms with van der Waals surface area (Å²) in [5, 5.41) is 0. The van der Waals surface area contributed by atoms with E-state index in [4.69, 9.17) is 19.4 Å². The number of rotatable bonds is 5. The molecule has 3 aromatic rings. The van der Waals surface area contributed by atoms with E-state index < -0.39 is 0 Å². The third-order valence-corrected chi connectivity index (χ3v) is 9.26. The fraction of sp³-hybridized carbons (Fsp3) is 0.515. The highest BCUT2D eigenvalue weighted by molar-refractivity contribution is 5.68. The quantitative estimate of drug-likeness (QED) is 0.420. The van der Waals surface area contributed by atoms with E-state index in [0.717, 1.165) is 63.9 Å². The van der Waals surface area contributed by atoms with Gasteiger partial charge in [0.15, 0.2) is 5.82 Å². The van der Waals surface area contributed by atoms with Gasteiger partial charge in [0.25, 0.3) is 0 Å². The number of aryl methyl sites for hydroxylation is 3. The molecule has 2 atom stereocenters. The van der Waals surface area contributed by atoms with E-state index in [-0.39, 0.29) is 5.41 Å². The molecule has 0 amide bonds. The van der Waals surface area contributed by atoms with Gasteiger partial charge in [-0.25, -0.2) is 9.97 Å². The minimum atomic E-state index is 0.118. The molecule has 2 aromatic carbocycles. The Morgan fingerprint density at radius 3 is 2.41 bits per heavy atom. The zero-order valence-corrected chi connectivity index (χ0v) is 24.4. The predicted octanol–water partition coefficient (Wildman–Crippen LogP) is 5.78. The van der Waals surface area contributed by atoms with Crippen molar-refractivity contribution in [2.24, 2.45) is 5.92 Å². The fourth-order valence-electron chi connectivity index (χ4n) is 6.71. The summed E-state index contributed by atoms with van der Waals surface area (Å²) >= 11 is 0. The number of nitrogens with zero attached hydrogens (tertiary/aromatic N) is 4. The van der Waals surface area contributed by atoms with Gasteiger partial charge < -0.3 is 19.3 Å². The lowest BCUT2D eigenvalue weighted by Gasteiger charge is -2.41. The van der Waals surface area contributed by atoms with Gasteiger partial charge in [-0.3, -0.25) is 0 Å². The molecule has 6 heteroatoms. The first-order chi connectivity index (χ1) is 18.8. The van der Waals surface area contributed by atoms with Crippen LogP contribution in [0.2, 0.25) is 0 Å². The molecule has 39 heavy (non-hydrogen) atoms. The van der Waals surface area contributed by atoms with Crippen molar-refractivity contribution in [2.45, 2.75) is 65.5 Å². The molecule has 206 valence electrons. The van der Waals surface area contributed by atoms with Gasteiger partial charge in [-0.1, -0.05) is 44.2 Å². The van der Waals surface area contributed by atoms with Crippen LogP contribution in [-0.4, -0.2) is 56.0 Å². The average molecular weight is 527 g/mol. The van der Waals surface area contributed by atoms with Crippen LogP contribution in [0.4, 0.5) is 11.5 Å². The van der Waals surface area contributed by atoms with Gasteiger partial charge in [-0.15, -0.1) is 0 Å². The summed E-state index contributed by atoms with van der Waals surface area (Å²) in [7, 11) is 1.84. The van der Waals surface area contributed by atoms with Crippen molar-refractivity contribution in [3.8, 4) is 11.4 Å². The summed E-state index contributed by atoms with van der Waals surface area (Å²) in [4.78, 5) is 15.6. The third-order valence-electron chi connectivity index (χ3n) is 9.26. The Balaban J connectivity index is 1.41. The second-order valence-corrected chi connectivity index (χ2v) is 12.3. The highest BCUT2D eigenvalue weighted by Crippen LogP contribution is 2.39. The van der Waals surface area contributed by atoms with Crippen LogP contribution < -0.4 is 9.80 Å². The Bertz CT molecular complexity index is 1360. The summed E-state index contributed by atoms with van der Waals surface area (Å²) in [5.74, 6) is 2.42. The first-order valence-electron chi connectivity index (χ1n) is 14.5. The number of ether oxygens (including phenoxy) is 2. The third kappa shape index (κ3) is 4.72. The molecule has 1 aromatic heterocycles. The molecule has 0 spiro atoms. The maximum atomic E-state index is 5.79. The lowest BCUT2D eigenvalue weighted by molar-refractivity contribution is -0.0499. The minimum Gasteiger partial charge on any atom is -0.381 e. The molecule has 3 aliphatic heterocycles. The largest absolute Gasteiger partial charge is 0.381 e. The van der Waals surface area contributed by atoms with Gasteiger partial charge >= 0.3 is 0 Å². The van der Waals surface area contributed by atoms with Crippen molar-refractivity contribution in [3.05, 3.63) is 69.9 Å². The summed E-state index contributed by atoms with van der Waals surface area (Å²) in [6.07, 6.45) is 2.23. The van der Waals surface area contributed by atoms with E-state index in [9.17, 15) is 0 Å². The van der Waals surface area contributed by atoms with E-state index in [1.165, 1.54) is 44.8 Å². The van der Waals surface area contributed by atoms with Crippen LogP contribution in [0.15, 0.2) is 36.4 Å². The highest BCUT2D eigenvalue weighted by Gasteiger charge is 2.36. The summed E-state index contributed by atoms with van der Waals surface area (Å²) < 4.78 is 11.4. The van der Waals surface area contributed by atoms with Crippen LogP contribution >= 0.6 is 0 Å². The van der Waals surface area contributed by atoms with Crippen LogP contribution in [0.1, 0.15) is 53.8 Å². The first kappa shape index (κ1) is 26.3. The number of hydrogen-bond acceptors (Lipinski definition) is 6. The second-order valence-electron chi connectivity index (χ2n) is 12.3. The molecule has 0 unspecified atom stereocenters. The van der Waals surface area contributed by atoms with Crippen molar-refractivity contribution in [1.29, 1.82) is 0 Å². The van der Waals surface area contributed by atoms with Gasteiger partial charge in [0.2, 0.25) is 0 Å². The van der Waals surface area contributed by atoms with Crippen molar-refractivity contribution >= 4 is 11.5 Å².